The molecule has 0 aromatic carbocycles. The Kier molecular flexibility index (Phi) is 5.73. The van der Waals surface area contributed by atoms with Crippen LogP contribution < -0.4 is 4.74 Å². The highest BCUT2D eigenvalue weighted by molar-refractivity contribution is 6.54. The van der Waals surface area contributed by atoms with Crippen LogP contribution in [0.2, 0.25) is 0 Å². The smallest absolute Gasteiger partial charge is 0.260 e. The number of aromatic nitrogens is 5. The molecule has 0 aliphatic heterocycles. The number of imidazole rings is 1. The summed E-state index contributed by atoms with van der Waals surface area (Å²) in [7, 11) is 0. The van der Waals surface area contributed by atoms with E-state index in [2.05, 4.69) is 15.1 Å². The standard InChI is InChI=1S/C23H23N7O3/c24-20-16-5-6-26-21(16)19(32-12-3-8-29-10-7-25-15-29)14-17(20)27-22-18-4-1-2-9-30(18)28-23(22)33-13-11-31/h1-2,4-7,9-10,14-15,24,26,31H,3,8,11-13H2. The lowest BCUT2D eigenvalue weighted by Crippen LogP contribution is -2.19. The first-order valence-electron chi connectivity index (χ1n) is 10.6. The molecule has 1 aliphatic carbocycles. The van der Waals surface area contributed by atoms with Gasteiger partial charge in [0.15, 0.2) is 5.69 Å². The van der Waals surface area contributed by atoms with E-state index in [0.29, 0.717) is 29.6 Å². The number of hydrogen-bond acceptors (Lipinski definition) is 7. The minimum Gasteiger partial charge on any atom is -0.491 e. The lowest BCUT2D eigenvalue weighted by molar-refractivity contribution is 0.197. The van der Waals surface area contributed by atoms with Gasteiger partial charge in [-0.1, -0.05) is 6.07 Å². The Morgan fingerprint density at radius 3 is 2.94 bits per heavy atom. The maximum atomic E-state index is 9.18. The number of hydrogen-bond donors (Lipinski definition) is 3. The molecule has 5 rings (SSSR count). The fourth-order valence-electron chi connectivity index (χ4n) is 3.67. The summed E-state index contributed by atoms with van der Waals surface area (Å²) in [4.78, 5) is 12.0. The molecule has 0 bridgehead atoms. The highest BCUT2D eigenvalue weighted by atomic mass is 16.5. The molecule has 0 saturated carbocycles. The number of aliphatic hydroxyl groups excluding tert-OH is 1. The van der Waals surface area contributed by atoms with Crippen molar-refractivity contribution in [1.29, 1.82) is 5.41 Å². The van der Waals surface area contributed by atoms with Gasteiger partial charge in [0.1, 0.15) is 12.4 Å². The van der Waals surface area contributed by atoms with E-state index >= 15 is 0 Å². The maximum Gasteiger partial charge on any atom is 0.260 e. The van der Waals surface area contributed by atoms with Crippen molar-refractivity contribution in [3.05, 3.63) is 72.7 Å². The highest BCUT2D eigenvalue weighted by Crippen LogP contribution is 2.34. The van der Waals surface area contributed by atoms with Crippen LogP contribution in [0.1, 0.15) is 17.7 Å². The van der Waals surface area contributed by atoms with E-state index in [1.807, 2.05) is 35.0 Å². The predicted octanol–water partition coefficient (Wildman–Crippen LogP) is 2.83. The zero-order valence-electron chi connectivity index (χ0n) is 17.8. The highest BCUT2D eigenvalue weighted by Gasteiger charge is 2.25. The van der Waals surface area contributed by atoms with Crippen molar-refractivity contribution < 1.29 is 14.6 Å². The van der Waals surface area contributed by atoms with Crippen LogP contribution >= 0.6 is 0 Å². The summed E-state index contributed by atoms with van der Waals surface area (Å²) >= 11 is 0. The molecule has 0 unspecified atom stereocenters. The van der Waals surface area contributed by atoms with Crippen molar-refractivity contribution in [3.63, 3.8) is 0 Å². The summed E-state index contributed by atoms with van der Waals surface area (Å²) in [5.74, 6) is 0.927. The number of aromatic amines is 1. The molecule has 0 saturated heterocycles. The van der Waals surface area contributed by atoms with Crippen LogP contribution in [0.5, 0.6) is 5.88 Å². The van der Waals surface area contributed by atoms with Gasteiger partial charge in [-0.3, -0.25) is 5.41 Å². The second-order valence-electron chi connectivity index (χ2n) is 7.41. The summed E-state index contributed by atoms with van der Waals surface area (Å²) in [6, 6.07) is 7.46. The molecule has 4 heterocycles. The van der Waals surface area contributed by atoms with E-state index in [-0.39, 0.29) is 18.9 Å². The van der Waals surface area contributed by atoms with E-state index in [0.717, 1.165) is 29.7 Å². The van der Waals surface area contributed by atoms with Crippen molar-refractivity contribution in [2.24, 2.45) is 4.99 Å². The topological polar surface area (TPSA) is 126 Å². The van der Waals surface area contributed by atoms with Crippen LogP contribution in [0.3, 0.4) is 0 Å². The van der Waals surface area contributed by atoms with Gasteiger partial charge in [0.25, 0.3) is 5.88 Å². The third-order valence-corrected chi connectivity index (χ3v) is 5.21. The summed E-state index contributed by atoms with van der Waals surface area (Å²) in [6.45, 7) is 1.27. The van der Waals surface area contributed by atoms with Crippen molar-refractivity contribution >= 4 is 28.4 Å². The van der Waals surface area contributed by atoms with Crippen LogP contribution in [0, 0.1) is 5.41 Å². The number of nitrogens with one attached hydrogen (secondary N) is 2. The number of aliphatic hydroxyl groups is 1. The molecule has 10 nitrogen and oxygen atoms in total. The van der Waals surface area contributed by atoms with Crippen LogP contribution in [0.25, 0.3) is 11.3 Å². The van der Waals surface area contributed by atoms with Crippen molar-refractivity contribution in [2.45, 2.75) is 13.0 Å². The van der Waals surface area contributed by atoms with Crippen molar-refractivity contribution in [3.8, 4) is 5.88 Å². The van der Waals surface area contributed by atoms with E-state index in [1.165, 1.54) is 0 Å². The third kappa shape index (κ3) is 4.15. The van der Waals surface area contributed by atoms with Gasteiger partial charge in [-0.05, 0) is 24.6 Å². The summed E-state index contributed by atoms with van der Waals surface area (Å²) in [5.41, 5.74) is 3.44. The molecule has 33 heavy (non-hydrogen) atoms. The van der Waals surface area contributed by atoms with Crippen LogP contribution in [0.4, 0.5) is 5.69 Å². The molecular weight excluding hydrogens is 422 g/mol. The fourth-order valence-corrected chi connectivity index (χ4v) is 3.67. The van der Waals surface area contributed by atoms with Crippen molar-refractivity contribution in [1.82, 2.24) is 24.1 Å². The van der Waals surface area contributed by atoms with Crippen molar-refractivity contribution in [2.75, 3.05) is 19.8 Å². The molecule has 1 aliphatic rings. The number of aryl methyl sites for hydroxylation is 1. The van der Waals surface area contributed by atoms with E-state index < -0.39 is 0 Å². The Labute approximate surface area is 189 Å². The first-order chi connectivity index (χ1) is 16.2. The van der Waals surface area contributed by atoms with Crippen LogP contribution in [-0.4, -0.2) is 60.5 Å². The summed E-state index contributed by atoms with van der Waals surface area (Å²) in [6.07, 6.45) is 11.6. The van der Waals surface area contributed by atoms with Gasteiger partial charge < -0.3 is 24.1 Å². The zero-order chi connectivity index (χ0) is 22.6. The number of pyridine rings is 1. The van der Waals surface area contributed by atoms with Gasteiger partial charge in [0.05, 0.1) is 42.2 Å². The molecular formula is C23H23N7O3. The van der Waals surface area contributed by atoms with Gasteiger partial charge in [0.2, 0.25) is 0 Å². The van der Waals surface area contributed by atoms with Gasteiger partial charge >= 0.3 is 0 Å². The number of aliphatic imine (C=N–C) groups is 1. The molecule has 0 radical (unpaired) electrons. The average Bonchev–Trinajstić information content (AvgIpc) is 3.59. The molecule has 0 atom stereocenters. The molecule has 4 aromatic heterocycles. The maximum absolute atomic E-state index is 9.18. The number of H-pyrrole nitrogens is 1. The summed E-state index contributed by atoms with van der Waals surface area (Å²) < 4.78 is 15.4. The SMILES string of the molecule is N=C1C(=Nc2c(OCCO)nn3ccccc23)C=C(OCCCn2ccnc2)c2[nH]ccc21. The largest absolute Gasteiger partial charge is 0.491 e. The first kappa shape index (κ1) is 20.7. The second-order valence-corrected chi connectivity index (χ2v) is 7.41. The number of fused-ring (bicyclic) bond motifs is 2. The molecule has 4 aromatic rings. The monoisotopic (exact) mass is 445 g/mol. The molecule has 0 amide bonds. The van der Waals surface area contributed by atoms with Gasteiger partial charge in [-0.2, -0.15) is 0 Å². The lowest BCUT2D eigenvalue weighted by atomic mass is 9.98. The predicted molar refractivity (Wildman–Crippen MR) is 123 cm³/mol. The summed E-state index contributed by atoms with van der Waals surface area (Å²) in [5, 5.41) is 22.3. The minimum atomic E-state index is -0.136. The quantitative estimate of drug-likeness (QED) is 0.342. The molecule has 10 heteroatoms. The Morgan fingerprint density at radius 2 is 2.09 bits per heavy atom. The zero-order valence-corrected chi connectivity index (χ0v) is 17.8. The van der Waals surface area contributed by atoms with Gasteiger partial charge in [0, 0.05) is 43.0 Å². The molecule has 168 valence electrons. The van der Waals surface area contributed by atoms with Crippen LogP contribution in [-0.2, 0) is 11.3 Å². The van der Waals surface area contributed by atoms with Gasteiger partial charge in [-0.25, -0.2) is 14.5 Å². The number of nitrogens with zero attached hydrogens (tertiary/aromatic N) is 5. The number of rotatable bonds is 9. The average molecular weight is 445 g/mol. The van der Waals surface area contributed by atoms with E-state index in [9.17, 15) is 5.11 Å². The third-order valence-electron chi connectivity index (χ3n) is 5.21. The lowest BCUT2D eigenvalue weighted by Gasteiger charge is -2.17. The number of allylic oxidation sites excluding steroid dienone is 1. The van der Waals surface area contributed by atoms with Crippen LogP contribution in [0.15, 0.2) is 66.4 Å². The Balaban J connectivity index is 1.46. The Hall–Kier alpha value is -4.18. The molecule has 0 spiro atoms. The number of ether oxygens (including phenoxy) is 2. The second kappa shape index (κ2) is 9.13. The minimum absolute atomic E-state index is 0.0995. The Morgan fingerprint density at radius 1 is 1.15 bits per heavy atom. The normalized spacial score (nSPS) is 14.5. The van der Waals surface area contributed by atoms with E-state index in [1.54, 1.807) is 35.5 Å². The Bertz CT molecular complexity index is 1330. The first-order valence-corrected chi connectivity index (χ1v) is 10.6. The molecule has 3 N–H and O–H groups in total. The molecule has 0 fully saturated rings. The van der Waals surface area contributed by atoms with E-state index in [4.69, 9.17) is 19.9 Å². The fraction of sp³-hybridized carbons (Fsp3) is 0.217. The van der Waals surface area contributed by atoms with Gasteiger partial charge in [-0.15, -0.1) is 5.10 Å².